The van der Waals surface area contributed by atoms with E-state index in [2.05, 4.69) is 17.2 Å². The Labute approximate surface area is 229 Å². The summed E-state index contributed by atoms with van der Waals surface area (Å²) >= 11 is 0. The molecule has 5 rings (SSSR count). The van der Waals surface area contributed by atoms with E-state index < -0.39 is 45.9 Å². The molecule has 0 aliphatic carbocycles. The summed E-state index contributed by atoms with van der Waals surface area (Å²) in [6.07, 6.45) is 4.46. The van der Waals surface area contributed by atoms with Gasteiger partial charge in [0.1, 0.15) is 23.3 Å². The van der Waals surface area contributed by atoms with Gasteiger partial charge in [-0.2, -0.15) is 0 Å². The van der Waals surface area contributed by atoms with Crippen molar-refractivity contribution in [3.8, 4) is 11.1 Å². The van der Waals surface area contributed by atoms with Crippen LogP contribution in [0.25, 0.3) is 11.1 Å². The highest BCUT2D eigenvalue weighted by Crippen LogP contribution is 2.36. The van der Waals surface area contributed by atoms with Gasteiger partial charge in [0.2, 0.25) is 0 Å². The van der Waals surface area contributed by atoms with Crippen molar-refractivity contribution in [1.29, 1.82) is 0 Å². The summed E-state index contributed by atoms with van der Waals surface area (Å²) in [5, 5.41) is 2.63. The number of nitrogens with two attached hydrogens (primary N) is 1. The van der Waals surface area contributed by atoms with E-state index in [-0.39, 0.29) is 17.8 Å². The van der Waals surface area contributed by atoms with Crippen LogP contribution >= 0.6 is 0 Å². The lowest BCUT2D eigenvalue weighted by Gasteiger charge is -2.37. The number of benzene rings is 2. The topological polar surface area (TPSA) is 83.7 Å². The molecule has 2 aliphatic heterocycles. The van der Waals surface area contributed by atoms with Crippen molar-refractivity contribution >= 4 is 23.0 Å². The third-order valence-electron chi connectivity index (χ3n) is 7.54. The Hall–Kier alpha value is -3.70. The van der Waals surface area contributed by atoms with Gasteiger partial charge >= 0.3 is 0 Å². The Morgan fingerprint density at radius 2 is 1.77 bits per heavy atom. The normalized spacial score (nSPS) is 21.1. The molecule has 7 nitrogen and oxygen atoms in total. The van der Waals surface area contributed by atoms with Crippen LogP contribution in [-0.4, -0.2) is 56.3 Å². The maximum absolute atomic E-state index is 15.7. The second-order valence-electron chi connectivity index (χ2n) is 10.5. The molecule has 1 aromatic heterocycles. The molecule has 212 valence electrons. The third kappa shape index (κ3) is 5.48. The number of anilines is 3. The molecule has 3 N–H and O–H groups in total. The maximum atomic E-state index is 15.7. The SMILES string of the molecule is COC1CCN(c2cc(F)c(-c3c(F)ccc(C(=O)Nc4cnccc4N4C[C@H](C)C[C@H](N)C4)c3F)c(F)c2)C1. The standard InChI is InChI=1S/C29H31F4N5O2/c1-16-9-17(34)14-38(13-16)25-5-7-35-12-24(25)36-29(39)20-3-4-21(30)27(28(20)33)26-22(31)10-18(11-23(26)32)37-8-6-19(15-37)40-2/h3-5,7,10-12,16-17,19H,6,8-9,13-15,34H2,1-2H3,(H,36,39)/t16-,17+,19?/m1/s1. The molecule has 3 atom stereocenters. The lowest BCUT2D eigenvalue weighted by Crippen LogP contribution is -2.46. The van der Waals surface area contributed by atoms with Crippen molar-refractivity contribution < 1.29 is 27.1 Å². The Balaban J connectivity index is 1.45. The number of nitrogens with zero attached hydrogens (tertiary/aromatic N) is 3. The van der Waals surface area contributed by atoms with E-state index in [0.29, 0.717) is 49.9 Å². The monoisotopic (exact) mass is 557 g/mol. The average molecular weight is 558 g/mol. The Kier molecular flexibility index (Phi) is 7.95. The number of methoxy groups -OCH3 is 1. The number of carbonyl (C=O) groups is 1. The van der Waals surface area contributed by atoms with Crippen LogP contribution in [0.4, 0.5) is 34.6 Å². The zero-order chi connectivity index (χ0) is 28.6. The highest BCUT2D eigenvalue weighted by atomic mass is 19.1. The predicted octanol–water partition coefficient (Wildman–Crippen LogP) is 4.96. The zero-order valence-electron chi connectivity index (χ0n) is 22.3. The van der Waals surface area contributed by atoms with E-state index in [1.165, 1.54) is 6.20 Å². The van der Waals surface area contributed by atoms with Gasteiger partial charge in [-0.05, 0) is 49.1 Å². The fraction of sp³-hybridized carbons (Fsp3) is 0.379. The first-order valence-electron chi connectivity index (χ1n) is 13.2. The van der Waals surface area contributed by atoms with E-state index in [1.54, 1.807) is 24.3 Å². The fourth-order valence-electron chi connectivity index (χ4n) is 5.64. The quantitative estimate of drug-likeness (QED) is 0.417. The maximum Gasteiger partial charge on any atom is 0.258 e. The molecule has 2 saturated heterocycles. The van der Waals surface area contributed by atoms with Gasteiger partial charge in [0, 0.05) is 51.2 Å². The van der Waals surface area contributed by atoms with Gasteiger partial charge in [0.25, 0.3) is 5.91 Å². The molecule has 1 amide bonds. The number of pyridine rings is 1. The van der Waals surface area contributed by atoms with Crippen molar-refractivity contribution in [2.24, 2.45) is 11.7 Å². The molecular weight excluding hydrogens is 526 g/mol. The highest BCUT2D eigenvalue weighted by molar-refractivity contribution is 6.06. The lowest BCUT2D eigenvalue weighted by molar-refractivity contribution is 0.102. The van der Waals surface area contributed by atoms with Crippen LogP contribution in [-0.2, 0) is 4.74 Å². The molecule has 2 fully saturated rings. The molecule has 0 radical (unpaired) electrons. The summed E-state index contributed by atoms with van der Waals surface area (Å²) in [6.45, 7) is 4.30. The summed E-state index contributed by atoms with van der Waals surface area (Å²) < 4.78 is 66.3. The smallest absolute Gasteiger partial charge is 0.258 e. The van der Waals surface area contributed by atoms with Gasteiger partial charge in [-0.1, -0.05) is 6.92 Å². The van der Waals surface area contributed by atoms with E-state index in [1.807, 2.05) is 4.90 Å². The number of piperidine rings is 1. The first-order chi connectivity index (χ1) is 19.2. The van der Waals surface area contributed by atoms with Gasteiger partial charge in [-0.25, -0.2) is 17.6 Å². The van der Waals surface area contributed by atoms with E-state index in [9.17, 15) is 9.18 Å². The molecule has 3 heterocycles. The second-order valence-corrected chi connectivity index (χ2v) is 10.5. The summed E-state index contributed by atoms with van der Waals surface area (Å²) in [5.74, 6) is -5.45. The van der Waals surface area contributed by atoms with Gasteiger partial charge in [0.15, 0.2) is 0 Å². The van der Waals surface area contributed by atoms with Crippen LogP contribution in [0, 0.1) is 29.2 Å². The molecule has 40 heavy (non-hydrogen) atoms. The Morgan fingerprint density at radius 3 is 2.45 bits per heavy atom. The van der Waals surface area contributed by atoms with Crippen LogP contribution in [0.1, 0.15) is 30.1 Å². The Morgan fingerprint density at radius 1 is 1.02 bits per heavy atom. The molecule has 2 aromatic carbocycles. The van der Waals surface area contributed by atoms with Crippen molar-refractivity contribution in [2.45, 2.75) is 31.9 Å². The number of halogens is 4. The first-order valence-corrected chi connectivity index (χ1v) is 13.2. The third-order valence-corrected chi connectivity index (χ3v) is 7.54. The summed E-state index contributed by atoms with van der Waals surface area (Å²) in [6, 6.07) is 5.49. The van der Waals surface area contributed by atoms with Crippen molar-refractivity contribution in [1.82, 2.24) is 4.98 Å². The molecule has 1 unspecified atom stereocenters. The molecule has 0 bridgehead atoms. The largest absolute Gasteiger partial charge is 0.380 e. The number of aromatic nitrogens is 1. The van der Waals surface area contributed by atoms with Crippen LogP contribution in [0.2, 0.25) is 0 Å². The van der Waals surface area contributed by atoms with Gasteiger partial charge in [0.05, 0.1) is 40.4 Å². The molecule has 0 saturated carbocycles. The molecule has 0 spiro atoms. The molecule has 3 aromatic rings. The minimum Gasteiger partial charge on any atom is -0.380 e. The van der Waals surface area contributed by atoms with Crippen molar-refractivity contribution in [2.75, 3.05) is 48.4 Å². The Bertz CT molecular complexity index is 1390. The van der Waals surface area contributed by atoms with E-state index in [4.69, 9.17) is 10.5 Å². The number of rotatable bonds is 6. The van der Waals surface area contributed by atoms with Gasteiger partial charge in [-0.15, -0.1) is 0 Å². The van der Waals surface area contributed by atoms with Crippen LogP contribution < -0.4 is 20.9 Å². The summed E-state index contributed by atoms with van der Waals surface area (Å²) in [4.78, 5) is 21.0. The van der Waals surface area contributed by atoms with Crippen molar-refractivity contribution in [3.05, 3.63) is 71.6 Å². The van der Waals surface area contributed by atoms with Gasteiger partial charge < -0.3 is 25.6 Å². The number of nitrogens with one attached hydrogen (secondary N) is 1. The zero-order valence-corrected chi connectivity index (χ0v) is 22.3. The first kappa shape index (κ1) is 27.9. The minimum atomic E-state index is -1.37. The molecule has 11 heteroatoms. The van der Waals surface area contributed by atoms with Crippen LogP contribution in [0.15, 0.2) is 42.7 Å². The summed E-state index contributed by atoms with van der Waals surface area (Å²) in [7, 11) is 1.56. The van der Waals surface area contributed by atoms with E-state index >= 15 is 13.2 Å². The van der Waals surface area contributed by atoms with Crippen molar-refractivity contribution in [3.63, 3.8) is 0 Å². The number of amides is 1. The number of hydrogen-bond acceptors (Lipinski definition) is 6. The number of carbonyl (C=O) groups excluding carboxylic acids is 1. The highest BCUT2D eigenvalue weighted by Gasteiger charge is 2.29. The predicted molar refractivity (Wildman–Crippen MR) is 145 cm³/mol. The van der Waals surface area contributed by atoms with E-state index in [0.717, 1.165) is 30.7 Å². The second kappa shape index (κ2) is 11.4. The number of hydrogen-bond donors (Lipinski definition) is 2. The molecule has 2 aliphatic rings. The molecular formula is C29H31F4N5O2. The minimum absolute atomic E-state index is 0.0550. The number of ether oxygens (including phenoxy) is 1. The van der Waals surface area contributed by atoms with Crippen LogP contribution in [0.5, 0.6) is 0 Å². The lowest BCUT2D eigenvalue weighted by atomic mass is 9.96. The van der Waals surface area contributed by atoms with Gasteiger partial charge in [-0.3, -0.25) is 9.78 Å². The summed E-state index contributed by atoms with van der Waals surface area (Å²) in [5.41, 5.74) is 4.98. The van der Waals surface area contributed by atoms with Crippen LogP contribution in [0.3, 0.4) is 0 Å². The fourth-order valence-corrected chi connectivity index (χ4v) is 5.64. The average Bonchev–Trinajstić information content (AvgIpc) is 3.39.